The van der Waals surface area contributed by atoms with E-state index in [1.54, 1.807) is 6.20 Å². The number of nitrogens with zero attached hydrogens (tertiary/aromatic N) is 2. The standard InChI is InChI=1S/C16H28N4O/c1-5-18-15(21)12-20(6-2)16-14(8-7-9-19-16)11-17-10-13(3)4/h7-9,13,17H,5-6,10-12H2,1-4H3,(H,18,21). The van der Waals surface area contributed by atoms with E-state index in [1.165, 1.54) is 0 Å². The molecule has 1 heterocycles. The van der Waals surface area contributed by atoms with Crippen LogP contribution in [0.25, 0.3) is 0 Å². The number of aromatic nitrogens is 1. The molecule has 0 saturated heterocycles. The van der Waals surface area contributed by atoms with E-state index < -0.39 is 0 Å². The Hall–Kier alpha value is -1.62. The van der Waals surface area contributed by atoms with Crippen LogP contribution in [-0.4, -0.2) is 37.1 Å². The van der Waals surface area contributed by atoms with E-state index in [0.717, 1.165) is 31.0 Å². The topological polar surface area (TPSA) is 57.3 Å². The number of carbonyl (C=O) groups is 1. The van der Waals surface area contributed by atoms with Crippen molar-refractivity contribution in [2.24, 2.45) is 5.92 Å². The van der Waals surface area contributed by atoms with Crippen molar-refractivity contribution in [2.75, 3.05) is 31.1 Å². The van der Waals surface area contributed by atoms with Crippen LogP contribution in [0.2, 0.25) is 0 Å². The fourth-order valence-electron chi connectivity index (χ4n) is 2.11. The number of nitrogens with one attached hydrogen (secondary N) is 2. The third-order valence-electron chi connectivity index (χ3n) is 3.13. The maximum atomic E-state index is 11.8. The summed E-state index contributed by atoms with van der Waals surface area (Å²) in [5, 5.41) is 6.27. The van der Waals surface area contributed by atoms with Crippen LogP contribution in [-0.2, 0) is 11.3 Å². The Bertz CT molecular complexity index is 434. The van der Waals surface area contributed by atoms with Gasteiger partial charge >= 0.3 is 0 Å². The Morgan fingerprint density at radius 1 is 1.38 bits per heavy atom. The minimum Gasteiger partial charge on any atom is -0.355 e. The summed E-state index contributed by atoms with van der Waals surface area (Å²) in [6.45, 7) is 11.8. The number of amides is 1. The zero-order valence-corrected chi connectivity index (χ0v) is 13.6. The van der Waals surface area contributed by atoms with Gasteiger partial charge in [-0.25, -0.2) is 4.98 Å². The zero-order chi connectivity index (χ0) is 15.7. The summed E-state index contributed by atoms with van der Waals surface area (Å²) in [6, 6.07) is 4.01. The molecule has 2 N–H and O–H groups in total. The van der Waals surface area contributed by atoms with E-state index in [-0.39, 0.29) is 5.91 Å². The molecule has 0 radical (unpaired) electrons. The van der Waals surface area contributed by atoms with Crippen LogP contribution in [0.1, 0.15) is 33.3 Å². The molecule has 1 rings (SSSR count). The summed E-state index contributed by atoms with van der Waals surface area (Å²) in [7, 11) is 0. The van der Waals surface area contributed by atoms with Crippen molar-refractivity contribution in [1.29, 1.82) is 0 Å². The minimum atomic E-state index is 0.0334. The van der Waals surface area contributed by atoms with E-state index >= 15 is 0 Å². The van der Waals surface area contributed by atoms with Gasteiger partial charge < -0.3 is 15.5 Å². The number of anilines is 1. The van der Waals surface area contributed by atoms with Gasteiger partial charge in [-0.05, 0) is 32.4 Å². The molecule has 1 aromatic rings. The third-order valence-corrected chi connectivity index (χ3v) is 3.13. The summed E-state index contributed by atoms with van der Waals surface area (Å²) < 4.78 is 0. The molecule has 1 aromatic heterocycles. The second kappa shape index (κ2) is 9.34. The smallest absolute Gasteiger partial charge is 0.239 e. The van der Waals surface area contributed by atoms with Crippen LogP contribution in [0.4, 0.5) is 5.82 Å². The molecule has 0 aliphatic heterocycles. The zero-order valence-electron chi connectivity index (χ0n) is 13.6. The van der Waals surface area contributed by atoms with Crippen molar-refractivity contribution in [2.45, 2.75) is 34.2 Å². The monoisotopic (exact) mass is 292 g/mol. The average Bonchev–Trinajstić information content (AvgIpc) is 2.45. The van der Waals surface area contributed by atoms with Gasteiger partial charge in [0.1, 0.15) is 5.82 Å². The highest BCUT2D eigenvalue weighted by molar-refractivity contribution is 5.81. The largest absolute Gasteiger partial charge is 0.355 e. The summed E-state index contributed by atoms with van der Waals surface area (Å²) >= 11 is 0. The molecule has 0 spiro atoms. The molecule has 0 aliphatic rings. The molecule has 0 bridgehead atoms. The van der Waals surface area contributed by atoms with Crippen molar-refractivity contribution in [3.05, 3.63) is 23.9 Å². The van der Waals surface area contributed by atoms with Gasteiger partial charge in [-0.2, -0.15) is 0 Å². The molecule has 5 nitrogen and oxygen atoms in total. The molecule has 21 heavy (non-hydrogen) atoms. The van der Waals surface area contributed by atoms with Gasteiger partial charge in [-0.1, -0.05) is 19.9 Å². The predicted octanol–water partition coefficient (Wildman–Crippen LogP) is 1.79. The Morgan fingerprint density at radius 3 is 2.76 bits per heavy atom. The van der Waals surface area contributed by atoms with Crippen LogP contribution in [0.5, 0.6) is 0 Å². The first kappa shape index (κ1) is 17.4. The van der Waals surface area contributed by atoms with E-state index in [1.807, 2.05) is 24.8 Å². The van der Waals surface area contributed by atoms with Gasteiger partial charge in [0.25, 0.3) is 0 Å². The highest BCUT2D eigenvalue weighted by Gasteiger charge is 2.14. The number of pyridine rings is 1. The van der Waals surface area contributed by atoms with Gasteiger partial charge in [0, 0.05) is 31.4 Å². The van der Waals surface area contributed by atoms with E-state index in [0.29, 0.717) is 19.0 Å². The molecule has 0 aliphatic carbocycles. The predicted molar refractivity (Wildman–Crippen MR) is 87.4 cm³/mol. The average molecular weight is 292 g/mol. The lowest BCUT2D eigenvalue weighted by molar-refractivity contribution is -0.119. The Balaban J connectivity index is 2.76. The summed E-state index contributed by atoms with van der Waals surface area (Å²) in [6.07, 6.45) is 1.78. The van der Waals surface area contributed by atoms with Crippen molar-refractivity contribution in [3.8, 4) is 0 Å². The fraction of sp³-hybridized carbons (Fsp3) is 0.625. The van der Waals surface area contributed by atoms with Crippen molar-refractivity contribution < 1.29 is 4.79 Å². The highest BCUT2D eigenvalue weighted by Crippen LogP contribution is 2.16. The lowest BCUT2D eigenvalue weighted by Crippen LogP contribution is -2.38. The number of carbonyl (C=O) groups excluding carboxylic acids is 1. The molecule has 0 saturated carbocycles. The molecule has 1 amide bonds. The lowest BCUT2D eigenvalue weighted by Gasteiger charge is -2.24. The van der Waals surface area contributed by atoms with Crippen molar-refractivity contribution in [3.63, 3.8) is 0 Å². The van der Waals surface area contributed by atoms with Crippen LogP contribution >= 0.6 is 0 Å². The number of rotatable bonds is 9. The van der Waals surface area contributed by atoms with Gasteiger partial charge in [0.05, 0.1) is 6.54 Å². The van der Waals surface area contributed by atoms with Crippen molar-refractivity contribution in [1.82, 2.24) is 15.6 Å². The molecule has 0 atom stereocenters. The first-order valence-corrected chi connectivity index (χ1v) is 7.74. The SMILES string of the molecule is CCNC(=O)CN(CC)c1ncccc1CNCC(C)C. The van der Waals surface area contributed by atoms with Gasteiger partial charge in [0.15, 0.2) is 0 Å². The molecular weight excluding hydrogens is 264 g/mol. The molecule has 0 unspecified atom stereocenters. The molecule has 5 heteroatoms. The van der Waals surface area contributed by atoms with Crippen LogP contribution in [0.3, 0.4) is 0 Å². The van der Waals surface area contributed by atoms with Crippen LogP contribution in [0.15, 0.2) is 18.3 Å². The Morgan fingerprint density at radius 2 is 2.14 bits per heavy atom. The summed E-state index contributed by atoms with van der Waals surface area (Å²) in [5.41, 5.74) is 1.13. The van der Waals surface area contributed by atoms with Gasteiger partial charge in [-0.15, -0.1) is 0 Å². The molecule has 118 valence electrons. The van der Waals surface area contributed by atoms with E-state index in [4.69, 9.17) is 0 Å². The number of hydrogen-bond acceptors (Lipinski definition) is 4. The molecule has 0 fully saturated rings. The fourth-order valence-corrected chi connectivity index (χ4v) is 2.11. The first-order chi connectivity index (χ1) is 10.1. The van der Waals surface area contributed by atoms with Gasteiger partial charge in [0.2, 0.25) is 5.91 Å². The molecular formula is C16H28N4O. The maximum absolute atomic E-state index is 11.8. The minimum absolute atomic E-state index is 0.0334. The highest BCUT2D eigenvalue weighted by atomic mass is 16.2. The first-order valence-electron chi connectivity index (χ1n) is 7.74. The third kappa shape index (κ3) is 6.12. The van der Waals surface area contributed by atoms with E-state index in [2.05, 4.69) is 35.5 Å². The molecule has 0 aromatic carbocycles. The summed E-state index contributed by atoms with van der Waals surface area (Å²) in [4.78, 5) is 18.3. The number of hydrogen-bond donors (Lipinski definition) is 2. The Kier molecular flexibility index (Phi) is 7.75. The second-order valence-corrected chi connectivity index (χ2v) is 5.48. The number of likely N-dealkylation sites (N-methyl/N-ethyl adjacent to an activating group) is 2. The maximum Gasteiger partial charge on any atom is 0.239 e. The quantitative estimate of drug-likeness (QED) is 0.728. The van der Waals surface area contributed by atoms with Crippen molar-refractivity contribution >= 4 is 11.7 Å². The van der Waals surface area contributed by atoms with E-state index in [9.17, 15) is 4.79 Å². The van der Waals surface area contributed by atoms with Crippen LogP contribution < -0.4 is 15.5 Å². The van der Waals surface area contributed by atoms with Crippen LogP contribution in [0, 0.1) is 5.92 Å². The normalized spacial score (nSPS) is 10.7. The lowest BCUT2D eigenvalue weighted by atomic mass is 10.2. The summed E-state index contributed by atoms with van der Waals surface area (Å²) in [5.74, 6) is 1.54. The second-order valence-electron chi connectivity index (χ2n) is 5.48. The van der Waals surface area contributed by atoms with Gasteiger partial charge in [-0.3, -0.25) is 4.79 Å². The Labute approximate surface area is 128 Å².